The van der Waals surface area contributed by atoms with Gasteiger partial charge in [0.15, 0.2) is 0 Å². The number of methoxy groups -OCH3 is 1. The molecular formula is C12H16O5. The topological polar surface area (TPSA) is 61.8 Å². The number of rotatable bonds is 3. The third kappa shape index (κ3) is 1.56. The number of hydrogen-bond acceptors (Lipinski definition) is 5. The lowest BCUT2D eigenvalue weighted by molar-refractivity contribution is -0.190. The van der Waals surface area contributed by atoms with Crippen LogP contribution in [0.2, 0.25) is 0 Å². The summed E-state index contributed by atoms with van der Waals surface area (Å²) in [4.78, 5) is 22.5. The van der Waals surface area contributed by atoms with Gasteiger partial charge in [0.1, 0.15) is 11.7 Å². The van der Waals surface area contributed by atoms with Crippen LogP contribution in [-0.2, 0) is 23.8 Å². The van der Waals surface area contributed by atoms with Crippen LogP contribution < -0.4 is 0 Å². The maximum absolute atomic E-state index is 11.8. The monoisotopic (exact) mass is 240 g/mol. The zero-order chi connectivity index (χ0) is 12.1. The average Bonchev–Trinajstić information content (AvgIpc) is 2.41. The Bertz CT molecular complexity index is 368. The highest BCUT2D eigenvalue weighted by atomic mass is 16.6. The Labute approximate surface area is 99.4 Å². The van der Waals surface area contributed by atoms with Crippen LogP contribution in [0.3, 0.4) is 0 Å². The molecule has 4 unspecified atom stereocenters. The van der Waals surface area contributed by atoms with Gasteiger partial charge in [0.25, 0.3) is 6.47 Å². The highest BCUT2D eigenvalue weighted by Crippen LogP contribution is 2.54. The highest BCUT2D eigenvalue weighted by molar-refractivity contribution is 5.74. The van der Waals surface area contributed by atoms with Crippen molar-refractivity contribution in [2.75, 3.05) is 7.11 Å². The van der Waals surface area contributed by atoms with Crippen molar-refractivity contribution in [3.05, 3.63) is 0 Å². The van der Waals surface area contributed by atoms with E-state index >= 15 is 0 Å². The predicted molar refractivity (Wildman–Crippen MR) is 56.1 cm³/mol. The first-order valence-electron chi connectivity index (χ1n) is 5.97. The standard InChI is InChI=1S/C12H16O5/c1-15-11-2-8-3-12(6-11,16-7-13)5-9(4-11)17-10(8)14/h7-9H,2-6H2,1H3. The van der Waals surface area contributed by atoms with Gasteiger partial charge >= 0.3 is 5.97 Å². The first-order valence-corrected chi connectivity index (χ1v) is 5.97. The van der Waals surface area contributed by atoms with Crippen molar-refractivity contribution in [1.29, 1.82) is 0 Å². The maximum atomic E-state index is 11.8. The van der Waals surface area contributed by atoms with Crippen LogP contribution in [0.15, 0.2) is 0 Å². The Morgan fingerprint density at radius 2 is 2.00 bits per heavy atom. The van der Waals surface area contributed by atoms with Gasteiger partial charge in [0.05, 0.1) is 11.5 Å². The first kappa shape index (κ1) is 11.0. The molecule has 0 aromatic rings. The van der Waals surface area contributed by atoms with Crippen molar-refractivity contribution in [3.8, 4) is 0 Å². The van der Waals surface area contributed by atoms with E-state index in [9.17, 15) is 9.59 Å². The lowest BCUT2D eigenvalue weighted by Gasteiger charge is -2.50. The molecule has 4 atom stereocenters. The van der Waals surface area contributed by atoms with Gasteiger partial charge in [-0.2, -0.15) is 0 Å². The minimum Gasteiger partial charge on any atom is -0.462 e. The normalized spacial score (nSPS) is 47.5. The molecule has 2 saturated carbocycles. The lowest BCUT2D eigenvalue weighted by Crippen LogP contribution is -2.56. The fourth-order valence-electron chi connectivity index (χ4n) is 3.90. The van der Waals surface area contributed by atoms with Crippen LogP contribution in [0, 0.1) is 5.92 Å². The quantitative estimate of drug-likeness (QED) is 0.539. The lowest BCUT2D eigenvalue weighted by atomic mass is 9.62. The molecule has 5 heteroatoms. The van der Waals surface area contributed by atoms with Crippen LogP contribution >= 0.6 is 0 Å². The van der Waals surface area contributed by atoms with E-state index in [1.807, 2.05) is 0 Å². The van der Waals surface area contributed by atoms with E-state index in [2.05, 4.69) is 0 Å². The maximum Gasteiger partial charge on any atom is 0.309 e. The molecule has 0 aromatic carbocycles. The van der Waals surface area contributed by atoms with Crippen LogP contribution in [0.5, 0.6) is 0 Å². The number of hydrogen-bond donors (Lipinski definition) is 0. The summed E-state index contributed by atoms with van der Waals surface area (Å²) in [5, 5.41) is 0. The second-order valence-electron chi connectivity index (χ2n) is 5.53. The molecule has 94 valence electrons. The van der Waals surface area contributed by atoms with E-state index < -0.39 is 5.60 Å². The molecule has 5 nitrogen and oxygen atoms in total. The summed E-state index contributed by atoms with van der Waals surface area (Å²) in [6, 6.07) is 0. The summed E-state index contributed by atoms with van der Waals surface area (Å²) >= 11 is 0. The van der Waals surface area contributed by atoms with Crippen LogP contribution in [-0.4, -0.2) is 36.9 Å². The third-order valence-corrected chi connectivity index (χ3v) is 4.43. The van der Waals surface area contributed by atoms with Crippen LogP contribution in [0.25, 0.3) is 0 Å². The zero-order valence-corrected chi connectivity index (χ0v) is 9.81. The summed E-state index contributed by atoms with van der Waals surface area (Å²) in [5.41, 5.74) is -0.920. The van der Waals surface area contributed by atoms with E-state index in [-0.39, 0.29) is 23.6 Å². The molecule has 0 amide bonds. The van der Waals surface area contributed by atoms with Crippen molar-refractivity contribution in [3.63, 3.8) is 0 Å². The largest absolute Gasteiger partial charge is 0.462 e. The molecule has 4 fully saturated rings. The molecule has 0 spiro atoms. The van der Waals surface area contributed by atoms with E-state index in [0.29, 0.717) is 32.2 Å². The molecule has 0 radical (unpaired) electrons. The molecule has 2 saturated heterocycles. The number of ether oxygens (including phenoxy) is 3. The number of carbonyl (C=O) groups excluding carboxylic acids is 2. The smallest absolute Gasteiger partial charge is 0.309 e. The van der Waals surface area contributed by atoms with Crippen LogP contribution in [0.4, 0.5) is 0 Å². The minimum absolute atomic E-state index is 0.162. The van der Waals surface area contributed by atoms with Gasteiger partial charge in [-0.3, -0.25) is 9.59 Å². The minimum atomic E-state index is -0.560. The molecule has 0 aromatic heterocycles. The number of carbonyl (C=O) groups is 2. The second-order valence-corrected chi connectivity index (χ2v) is 5.53. The Balaban J connectivity index is 2.00. The van der Waals surface area contributed by atoms with Gasteiger partial charge in [0.2, 0.25) is 0 Å². The molecule has 2 heterocycles. The summed E-state index contributed by atoms with van der Waals surface area (Å²) in [5.74, 6) is -0.360. The van der Waals surface area contributed by atoms with Gasteiger partial charge in [0, 0.05) is 32.8 Å². The Morgan fingerprint density at radius 3 is 2.71 bits per heavy atom. The molecule has 0 N–H and O–H groups in total. The van der Waals surface area contributed by atoms with Gasteiger partial charge in [-0.1, -0.05) is 0 Å². The van der Waals surface area contributed by atoms with E-state index in [4.69, 9.17) is 14.2 Å². The number of esters is 1. The van der Waals surface area contributed by atoms with E-state index in [1.165, 1.54) is 0 Å². The molecule has 2 aliphatic heterocycles. The first-order chi connectivity index (χ1) is 8.10. The average molecular weight is 240 g/mol. The van der Waals surface area contributed by atoms with Crippen molar-refractivity contribution in [1.82, 2.24) is 0 Å². The van der Waals surface area contributed by atoms with Gasteiger partial charge < -0.3 is 14.2 Å². The van der Waals surface area contributed by atoms with Gasteiger partial charge in [-0.05, 0) is 6.42 Å². The fourth-order valence-corrected chi connectivity index (χ4v) is 3.90. The van der Waals surface area contributed by atoms with Crippen molar-refractivity contribution in [2.24, 2.45) is 5.92 Å². The molecule has 2 aliphatic carbocycles. The fraction of sp³-hybridized carbons (Fsp3) is 0.833. The molecule has 4 bridgehead atoms. The highest BCUT2D eigenvalue weighted by Gasteiger charge is 2.60. The SMILES string of the molecule is COC12CC3CC(OC=O)(CC(C1)C(=O)O3)C2. The predicted octanol–water partition coefficient (Wildman–Crippen LogP) is 0.803. The van der Waals surface area contributed by atoms with Crippen LogP contribution in [0.1, 0.15) is 32.1 Å². The van der Waals surface area contributed by atoms with Gasteiger partial charge in [-0.25, -0.2) is 0 Å². The Morgan fingerprint density at radius 1 is 1.29 bits per heavy atom. The zero-order valence-electron chi connectivity index (χ0n) is 9.81. The molecule has 4 rings (SSSR count). The van der Waals surface area contributed by atoms with Gasteiger partial charge in [-0.15, -0.1) is 0 Å². The summed E-state index contributed by atoms with van der Waals surface area (Å²) < 4.78 is 16.3. The van der Waals surface area contributed by atoms with Crippen molar-refractivity contribution >= 4 is 12.4 Å². The number of fused-ring (bicyclic) bond motifs is 1. The van der Waals surface area contributed by atoms with Crippen molar-refractivity contribution < 1.29 is 23.8 Å². The Hall–Kier alpha value is -1.10. The Kier molecular flexibility index (Phi) is 2.23. The summed E-state index contributed by atoms with van der Waals surface area (Å²) in [6.45, 7) is 0.487. The molecule has 17 heavy (non-hydrogen) atoms. The summed E-state index contributed by atoms with van der Waals surface area (Å²) in [6.07, 6.45) is 3.09. The molecule has 4 aliphatic rings. The molecular weight excluding hydrogens is 224 g/mol. The van der Waals surface area contributed by atoms with E-state index in [1.54, 1.807) is 7.11 Å². The summed E-state index contributed by atoms with van der Waals surface area (Å²) in [7, 11) is 1.66. The third-order valence-electron chi connectivity index (χ3n) is 4.43. The second kappa shape index (κ2) is 3.45. The van der Waals surface area contributed by atoms with Crippen molar-refractivity contribution in [2.45, 2.75) is 49.4 Å². The van der Waals surface area contributed by atoms with E-state index in [0.717, 1.165) is 6.42 Å².